The number of nitrogens with two attached hydrogens (primary N) is 1. The topological polar surface area (TPSA) is 74.2 Å². The van der Waals surface area contributed by atoms with Gasteiger partial charge in [-0.05, 0) is 36.1 Å². The second-order valence-corrected chi connectivity index (χ2v) is 4.14. The Morgan fingerprint density at radius 3 is 3.24 bits per heavy atom. The van der Waals surface area contributed by atoms with Crippen LogP contribution in [0.4, 0.5) is 0 Å². The fourth-order valence-corrected chi connectivity index (χ4v) is 2.12. The number of fused-ring (bicyclic) bond motifs is 1. The standard InChI is InChI=1S/C12H13N3O2/c13-11-4-1-8-5-9(2-3-10(8)11)16-6-12-14-7-17-15-12/h2-3,5,7,11H,1,4,6,13H2/t11-/m1/s1. The molecular weight excluding hydrogens is 218 g/mol. The van der Waals surface area contributed by atoms with Crippen LogP contribution in [0.25, 0.3) is 0 Å². The molecule has 0 bridgehead atoms. The Bertz CT molecular complexity index is 510. The summed E-state index contributed by atoms with van der Waals surface area (Å²) in [7, 11) is 0. The number of hydrogen-bond acceptors (Lipinski definition) is 5. The molecule has 1 heterocycles. The molecule has 3 rings (SSSR count). The van der Waals surface area contributed by atoms with E-state index in [1.54, 1.807) is 0 Å². The van der Waals surface area contributed by atoms with Gasteiger partial charge in [0.25, 0.3) is 0 Å². The molecule has 88 valence electrons. The van der Waals surface area contributed by atoms with Crippen molar-refractivity contribution >= 4 is 0 Å². The van der Waals surface area contributed by atoms with Crippen LogP contribution in [0.3, 0.4) is 0 Å². The first-order chi connectivity index (χ1) is 8.33. The zero-order valence-electron chi connectivity index (χ0n) is 9.30. The molecule has 2 aromatic rings. The highest BCUT2D eigenvalue weighted by Crippen LogP contribution is 2.31. The van der Waals surface area contributed by atoms with Gasteiger partial charge in [-0.2, -0.15) is 4.98 Å². The lowest BCUT2D eigenvalue weighted by Crippen LogP contribution is -2.05. The van der Waals surface area contributed by atoms with Gasteiger partial charge in [-0.15, -0.1) is 0 Å². The third-order valence-corrected chi connectivity index (χ3v) is 3.01. The molecule has 1 aliphatic carbocycles. The zero-order valence-corrected chi connectivity index (χ0v) is 9.30. The summed E-state index contributed by atoms with van der Waals surface area (Å²) >= 11 is 0. The van der Waals surface area contributed by atoms with Crippen molar-refractivity contribution in [1.82, 2.24) is 10.1 Å². The van der Waals surface area contributed by atoms with Gasteiger partial charge in [-0.1, -0.05) is 11.2 Å². The third kappa shape index (κ3) is 2.01. The minimum Gasteiger partial charge on any atom is -0.485 e. The molecule has 0 spiro atoms. The Hall–Kier alpha value is -1.88. The SMILES string of the molecule is N[C@@H]1CCc2cc(OCc3ncon3)ccc21. The van der Waals surface area contributed by atoms with Crippen molar-refractivity contribution < 1.29 is 9.26 Å². The first-order valence-electron chi connectivity index (χ1n) is 5.59. The van der Waals surface area contributed by atoms with E-state index >= 15 is 0 Å². The van der Waals surface area contributed by atoms with Crippen molar-refractivity contribution in [3.63, 3.8) is 0 Å². The van der Waals surface area contributed by atoms with Gasteiger partial charge < -0.3 is 15.0 Å². The summed E-state index contributed by atoms with van der Waals surface area (Å²) in [6.45, 7) is 0.321. The van der Waals surface area contributed by atoms with Crippen LogP contribution in [0.15, 0.2) is 29.1 Å². The number of aromatic nitrogens is 2. The normalized spacial score (nSPS) is 18.1. The van der Waals surface area contributed by atoms with E-state index in [2.05, 4.69) is 14.7 Å². The maximum Gasteiger partial charge on any atom is 0.213 e. The van der Waals surface area contributed by atoms with Gasteiger partial charge in [-0.25, -0.2) is 0 Å². The van der Waals surface area contributed by atoms with E-state index in [0.29, 0.717) is 12.4 Å². The molecule has 1 aromatic carbocycles. The largest absolute Gasteiger partial charge is 0.485 e. The first kappa shape index (κ1) is 10.3. The van der Waals surface area contributed by atoms with Crippen LogP contribution in [0, 0.1) is 0 Å². The summed E-state index contributed by atoms with van der Waals surface area (Å²) in [5, 5.41) is 3.68. The molecule has 0 fully saturated rings. The monoisotopic (exact) mass is 231 g/mol. The van der Waals surface area contributed by atoms with Crippen LogP contribution in [-0.4, -0.2) is 10.1 Å². The van der Waals surface area contributed by atoms with Gasteiger partial charge in [0.15, 0.2) is 6.61 Å². The number of hydrogen-bond donors (Lipinski definition) is 1. The van der Waals surface area contributed by atoms with Crippen molar-refractivity contribution in [2.24, 2.45) is 5.73 Å². The molecular formula is C12H13N3O2. The maximum absolute atomic E-state index is 5.97. The van der Waals surface area contributed by atoms with Crippen LogP contribution in [-0.2, 0) is 13.0 Å². The third-order valence-electron chi connectivity index (χ3n) is 3.01. The Morgan fingerprint density at radius 2 is 2.41 bits per heavy atom. The molecule has 17 heavy (non-hydrogen) atoms. The number of ether oxygens (including phenoxy) is 1. The van der Waals surface area contributed by atoms with Gasteiger partial charge in [0.05, 0.1) is 0 Å². The second-order valence-electron chi connectivity index (χ2n) is 4.14. The molecule has 5 nitrogen and oxygen atoms in total. The molecule has 0 amide bonds. The molecule has 0 saturated carbocycles. The van der Waals surface area contributed by atoms with E-state index in [0.717, 1.165) is 18.6 Å². The number of aryl methyl sites for hydroxylation is 1. The molecule has 5 heteroatoms. The van der Waals surface area contributed by atoms with Crippen molar-refractivity contribution in [3.05, 3.63) is 41.5 Å². The lowest BCUT2D eigenvalue weighted by atomic mass is 10.1. The summed E-state index contributed by atoms with van der Waals surface area (Å²) in [4.78, 5) is 3.89. The molecule has 0 saturated heterocycles. The van der Waals surface area contributed by atoms with Gasteiger partial charge >= 0.3 is 0 Å². The fraction of sp³-hybridized carbons (Fsp3) is 0.333. The number of rotatable bonds is 3. The Labute approximate surface area is 98.6 Å². The van der Waals surface area contributed by atoms with Gasteiger partial charge in [0.1, 0.15) is 5.75 Å². The Balaban J connectivity index is 1.72. The van der Waals surface area contributed by atoms with E-state index in [1.807, 2.05) is 18.2 Å². The quantitative estimate of drug-likeness (QED) is 0.868. The molecule has 0 radical (unpaired) electrons. The van der Waals surface area contributed by atoms with Crippen LogP contribution >= 0.6 is 0 Å². The summed E-state index contributed by atoms with van der Waals surface area (Å²) in [5.74, 6) is 1.37. The molecule has 2 N–H and O–H groups in total. The van der Waals surface area contributed by atoms with E-state index < -0.39 is 0 Å². The van der Waals surface area contributed by atoms with Gasteiger partial charge in [-0.3, -0.25) is 0 Å². The highest BCUT2D eigenvalue weighted by atomic mass is 16.5. The van der Waals surface area contributed by atoms with E-state index in [-0.39, 0.29) is 6.04 Å². The smallest absolute Gasteiger partial charge is 0.213 e. The van der Waals surface area contributed by atoms with Gasteiger partial charge in [0.2, 0.25) is 12.2 Å². The lowest BCUT2D eigenvalue weighted by Gasteiger charge is -2.07. The first-order valence-corrected chi connectivity index (χ1v) is 5.59. The Kier molecular flexibility index (Phi) is 2.53. The summed E-state index contributed by atoms with van der Waals surface area (Å²) in [5.41, 5.74) is 8.49. The predicted octanol–water partition coefficient (Wildman–Crippen LogP) is 1.59. The number of benzene rings is 1. The summed E-state index contributed by atoms with van der Waals surface area (Å²) < 4.78 is 10.2. The average molecular weight is 231 g/mol. The van der Waals surface area contributed by atoms with Crippen LogP contribution in [0.2, 0.25) is 0 Å². The van der Waals surface area contributed by atoms with E-state index in [1.165, 1.54) is 17.5 Å². The fourth-order valence-electron chi connectivity index (χ4n) is 2.12. The van der Waals surface area contributed by atoms with Crippen molar-refractivity contribution in [2.45, 2.75) is 25.5 Å². The molecule has 1 aromatic heterocycles. The average Bonchev–Trinajstić information content (AvgIpc) is 2.97. The van der Waals surface area contributed by atoms with Crippen molar-refractivity contribution in [3.8, 4) is 5.75 Å². The van der Waals surface area contributed by atoms with Crippen LogP contribution in [0.5, 0.6) is 5.75 Å². The zero-order chi connectivity index (χ0) is 11.7. The van der Waals surface area contributed by atoms with Crippen molar-refractivity contribution in [2.75, 3.05) is 0 Å². The van der Waals surface area contributed by atoms with E-state index in [4.69, 9.17) is 10.5 Å². The maximum atomic E-state index is 5.97. The summed E-state index contributed by atoms with van der Waals surface area (Å²) in [6, 6.07) is 6.20. The molecule has 0 unspecified atom stereocenters. The number of nitrogens with zero attached hydrogens (tertiary/aromatic N) is 2. The highest BCUT2D eigenvalue weighted by Gasteiger charge is 2.19. The molecule has 0 aliphatic heterocycles. The lowest BCUT2D eigenvalue weighted by molar-refractivity contribution is 0.286. The minimum absolute atomic E-state index is 0.177. The van der Waals surface area contributed by atoms with Crippen LogP contribution < -0.4 is 10.5 Å². The summed E-state index contributed by atoms with van der Waals surface area (Å²) in [6.07, 6.45) is 3.33. The minimum atomic E-state index is 0.177. The van der Waals surface area contributed by atoms with E-state index in [9.17, 15) is 0 Å². The predicted molar refractivity (Wildman–Crippen MR) is 60.3 cm³/mol. The highest BCUT2D eigenvalue weighted by molar-refractivity contribution is 5.40. The molecule has 1 aliphatic rings. The Morgan fingerprint density at radius 1 is 1.47 bits per heavy atom. The van der Waals surface area contributed by atoms with Gasteiger partial charge in [0, 0.05) is 6.04 Å². The van der Waals surface area contributed by atoms with Crippen LogP contribution in [0.1, 0.15) is 29.4 Å². The molecule has 1 atom stereocenters. The van der Waals surface area contributed by atoms with Crippen molar-refractivity contribution in [1.29, 1.82) is 0 Å². The second kappa shape index (κ2) is 4.18.